The van der Waals surface area contributed by atoms with Gasteiger partial charge in [0.25, 0.3) is 0 Å². The molecular weight excluding hydrogens is 328 g/mol. The van der Waals surface area contributed by atoms with Gasteiger partial charge in [-0.3, -0.25) is 4.79 Å². The molecule has 1 aliphatic rings. The molecule has 4 heteroatoms. The Balaban J connectivity index is 1.87. The molecule has 1 heterocycles. The smallest absolute Gasteiger partial charge is 0.314 e. The van der Waals surface area contributed by atoms with Crippen LogP contribution in [0.4, 0.5) is 0 Å². The first-order chi connectivity index (χ1) is 12.5. The second-order valence-electron chi connectivity index (χ2n) is 7.05. The van der Waals surface area contributed by atoms with E-state index >= 15 is 0 Å². The van der Waals surface area contributed by atoms with Crippen molar-refractivity contribution in [3.05, 3.63) is 65.2 Å². The molecule has 0 bridgehead atoms. The second-order valence-corrected chi connectivity index (χ2v) is 7.05. The standard InChI is InChI=1S/C22H26O4/c1-3-22(4-2,21(24)25)17-10-11-18-19(13-17)26-14-16(20(18)23)12-15-8-6-5-7-9-15/h5-11,13,16,20,23H,3-4,12,14H2,1-2H3,(H,24,25)/t16-,20+/m1/s1. The van der Waals surface area contributed by atoms with Gasteiger partial charge < -0.3 is 14.9 Å². The summed E-state index contributed by atoms with van der Waals surface area (Å²) in [5.41, 5.74) is 1.74. The lowest BCUT2D eigenvalue weighted by Crippen LogP contribution is -2.35. The molecule has 2 aromatic rings. The number of hydrogen-bond acceptors (Lipinski definition) is 3. The van der Waals surface area contributed by atoms with Gasteiger partial charge in [0, 0.05) is 11.5 Å². The average molecular weight is 354 g/mol. The van der Waals surface area contributed by atoms with Crippen molar-refractivity contribution < 1.29 is 19.7 Å². The highest BCUT2D eigenvalue weighted by Crippen LogP contribution is 2.41. The molecule has 0 unspecified atom stereocenters. The number of aliphatic carboxylic acids is 1. The van der Waals surface area contributed by atoms with Crippen molar-refractivity contribution >= 4 is 5.97 Å². The first kappa shape index (κ1) is 18.5. The molecule has 0 spiro atoms. The highest BCUT2D eigenvalue weighted by Gasteiger charge is 2.38. The summed E-state index contributed by atoms with van der Waals surface area (Å²) in [5, 5.41) is 20.6. The zero-order valence-electron chi connectivity index (χ0n) is 15.3. The number of fused-ring (bicyclic) bond motifs is 1. The zero-order chi connectivity index (χ0) is 18.7. The number of rotatable bonds is 6. The predicted octanol–water partition coefficient (Wildman–Crippen LogP) is 4.11. The monoisotopic (exact) mass is 354 g/mol. The van der Waals surface area contributed by atoms with E-state index in [0.29, 0.717) is 25.2 Å². The Bertz CT molecular complexity index is 765. The number of benzene rings is 2. The summed E-state index contributed by atoms with van der Waals surface area (Å²) >= 11 is 0. The van der Waals surface area contributed by atoms with Crippen molar-refractivity contribution in [2.45, 2.75) is 44.6 Å². The molecule has 1 aliphatic heterocycles. The molecule has 0 aromatic heterocycles. The molecule has 0 amide bonds. The molecule has 0 saturated carbocycles. The zero-order valence-corrected chi connectivity index (χ0v) is 15.3. The third kappa shape index (κ3) is 3.21. The number of carbonyl (C=O) groups is 1. The highest BCUT2D eigenvalue weighted by molar-refractivity contribution is 5.81. The molecule has 26 heavy (non-hydrogen) atoms. The van der Waals surface area contributed by atoms with Crippen molar-refractivity contribution in [3.63, 3.8) is 0 Å². The Kier molecular flexibility index (Phi) is 5.33. The summed E-state index contributed by atoms with van der Waals surface area (Å²) in [5.74, 6) is -0.232. The quantitative estimate of drug-likeness (QED) is 0.819. The molecule has 0 aliphatic carbocycles. The summed E-state index contributed by atoms with van der Waals surface area (Å²) < 4.78 is 5.93. The van der Waals surface area contributed by atoms with E-state index in [-0.39, 0.29) is 5.92 Å². The van der Waals surface area contributed by atoms with E-state index in [1.165, 1.54) is 5.56 Å². The largest absolute Gasteiger partial charge is 0.493 e. The summed E-state index contributed by atoms with van der Waals surface area (Å²) in [6.45, 7) is 4.20. The minimum Gasteiger partial charge on any atom is -0.493 e. The third-order valence-electron chi connectivity index (χ3n) is 5.74. The lowest BCUT2D eigenvalue weighted by atomic mass is 9.75. The second kappa shape index (κ2) is 7.50. The topological polar surface area (TPSA) is 66.8 Å². The fourth-order valence-electron chi connectivity index (χ4n) is 3.91. The average Bonchev–Trinajstić information content (AvgIpc) is 2.66. The Labute approximate surface area is 154 Å². The molecule has 2 aromatic carbocycles. The van der Waals surface area contributed by atoms with Gasteiger partial charge in [-0.25, -0.2) is 0 Å². The van der Waals surface area contributed by atoms with Crippen LogP contribution in [0.25, 0.3) is 0 Å². The van der Waals surface area contributed by atoms with Crippen molar-refractivity contribution in [3.8, 4) is 5.75 Å². The maximum Gasteiger partial charge on any atom is 0.314 e. The van der Waals surface area contributed by atoms with Gasteiger partial charge in [-0.2, -0.15) is 0 Å². The molecule has 4 nitrogen and oxygen atoms in total. The van der Waals surface area contributed by atoms with Crippen LogP contribution in [-0.4, -0.2) is 22.8 Å². The van der Waals surface area contributed by atoms with E-state index in [9.17, 15) is 15.0 Å². The van der Waals surface area contributed by atoms with Crippen molar-refractivity contribution in [1.82, 2.24) is 0 Å². The van der Waals surface area contributed by atoms with E-state index in [4.69, 9.17) is 4.74 Å². The maximum atomic E-state index is 11.9. The Morgan fingerprint density at radius 2 is 1.85 bits per heavy atom. The van der Waals surface area contributed by atoms with Gasteiger partial charge in [0.1, 0.15) is 5.75 Å². The van der Waals surface area contributed by atoms with Crippen molar-refractivity contribution in [2.24, 2.45) is 5.92 Å². The molecule has 138 valence electrons. The van der Waals surface area contributed by atoms with E-state index in [0.717, 1.165) is 17.5 Å². The highest BCUT2D eigenvalue weighted by atomic mass is 16.5. The van der Waals surface area contributed by atoms with Gasteiger partial charge in [0.15, 0.2) is 0 Å². The van der Waals surface area contributed by atoms with Gasteiger partial charge in [0.2, 0.25) is 0 Å². The van der Waals surface area contributed by atoms with E-state index in [1.54, 1.807) is 6.07 Å². The molecule has 2 N–H and O–H groups in total. The SMILES string of the molecule is CCC(CC)(C(=O)O)c1ccc2c(c1)OC[C@@H](Cc1ccccc1)[C@@H]2O. The van der Waals surface area contributed by atoms with Crippen LogP contribution in [0.15, 0.2) is 48.5 Å². The van der Waals surface area contributed by atoms with Gasteiger partial charge >= 0.3 is 5.97 Å². The number of carboxylic acids is 1. The minimum atomic E-state index is -0.912. The van der Waals surface area contributed by atoms with Gasteiger partial charge in [0.05, 0.1) is 18.1 Å². The number of ether oxygens (including phenoxy) is 1. The van der Waals surface area contributed by atoms with Crippen LogP contribution in [0.2, 0.25) is 0 Å². The normalized spacial score (nSPS) is 19.5. The minimum absolute atomic E-state index is 0.0164. The maximum absolute atomic E-state index is 11.9. The van der Waals surface area contributed by atoms with Crippen molar-refractivity contribution in [2.75, 3.05) is 6.61 Å². The van der Waals surface area contributed by atoms with E-state index in [1.807, 2.05) is 44.2 Å². The lowest BCUT2D eigenvalue weighted by molar-refractivity contribution is -0.144. The Hall–Kier alpha value is -2.33. The summed E-state index contributed by atoms with van der Waals surface area (Å²) in [6.07, 6.45) is 1.15. The van der Waals surface area contributed by atoms with Gasteiger partial charge in [-0.05, 0) is 36.5 Å². The number of hydrogen-bond donors (Lipinski definition) is 2. The van der Waals surface area contributed by atoms with Gasteiger partial charge in [-0.15, -0.1) is 0 Å². The number of aliphatic hydroxyl groups excluding tert-OH is 1. The fraction of sp³-hybridized carbons (Fsp3) is 0.409. The van der Waals surface area contributed by atoms with E-state index in [2.05, 4.69) is 12.1 Å². The number of aliphatic hydroxyl groups is 1. The molecule has 0 saturated heterocycles. The van der Waals surface area contributed by atoms with Gasteiger partial charge in [-0.1, -0.05) is 56.3 Å². The summed E-state index contributed by atoms with van der Waals surface area (Å²) in [6, 6.07) is 15.5. The fourth-order valence-corrected chi connectivity index (χ4v) is 3.91. The van der Waals surface area contributed by atoms with Crippen molar-refractivity contribution in [1.29, 1.82) is 0 Å². The first-order valence-electron chi connectivity index (χ1n) is 9.24. The van der Waals surface area contributed by atoms with Crippen LogP contribution < -0.4 is 4.74 Å². The molecule has 0 radical (unpaired) electrons. The third-order valence-corrected chi connectivity index (χ3v) is 5.74. The van der Waals surface area contributed by atoms with Crippen LogP contribution >= 0.6 is 0 Å². The summed E-state index contributed by atoms with van der Waals surface area (Å²) in [4.78, 5) is 11.9. The predicted molar refractivity (Wildman–Crippen MR) is 100 cm³/mol. The van der Waals surface area contributed by atoms with Crippen LogP contribution in [0, 0.1) is 5.92 Å². The first-order valence-corrected chi connectivity index (χ1v) is 9.24. The molecular formula is C22H26O4. The lowest BCUT2D eigenvalue weighted by Gasteiger charge is -2.33. The van der Waals surface area contributed by atoms with Crippen LogP contribution in [0.1, 0.15) is 49.5 Å². The van der Waals surface area contributed by atoms with Crippen LogP contribution in [0.3, 0.4) is 0 Å². The Morgan fingerprint density at radius 1 is 1.15 bits per heavy atom. The summed E-state index contributed by atoms with van der Waals surface area (Å²) in [7, 11) is 0. The van der Waals surface area contributed by atoms with E-state index < -0.39 is 17.5 Å². The van der Waals surface area contributed by atoms with Crippen LogP contribution in [-0.2, 0) is 16.6 Å². The molecule has 0 fully saturated rings. The van der Waals surface area contributed by atoms with Crippen LogP contribution in [0.5, 0.6) is 5.75 Å². The number of carboxylic acid groups (broad SMARTS) is 1. The molecule has 2 atom stereocenters. The Morgan fingerprint density at radius 3 is 2.46 bits per heavy atom. The molecule has 3 rings (SSSR count).